The molecule has 1 atom stereocenters. The number of rotatable bonds is 1. The van der Waals surface area contributed by atoms with Crippen LogP contribution in [0.2, 0.25) is 0 Å². The van der Waals surface area contributed by atoms with E-state index in [0.717, 1.165) is 13.0 Å². The van der Waals surface area contributed by atoms with Gasteiger partial charge in [-0.1, -0.05) is 27.7 Å². The number of fused-ring (bicyclic) bond motifs is 1. The average Bonchev–Trinajstić information content (AvgIpc) is 2.72. The van der Waals surface area contributed by atoms with Crippen LogP contribution in [-0.2, 0) is 11.8 Å². The summed E-state index contributed by atoms with van der Waals surface area (Å²) in [4.78, 5) is 6.55. The summed E-state index contributed by atoms with van der Waals surface area (Å²) >= 11 is 4.01. The van der Waals surface area contributed by atoms with Gasteiger partial charge in [0.1, 0.15) is 5.01 Å². The molecule has 1 aromatic rings. The van der Waals surface area contributed by atoms with Gasteiger partial charge in [0.15, 0.2) is 0 Å². The number of thioether (sulfide) groups is 1. The summed E-state index contributed by atoms with van der Waals surface area (Å²) in [6.45, 7) is 10.7. The van der Waals surface area contributed by atoms with Gasteiger partial charge in [-0.05, 0) is 18.3 Å². The lowest BCUT2D eigenvalue weighted by Gasteiger charge is -2.39. The van der Waals surface area contributed by atoms with Gasteiger partial charge in [-0.15, -0.1) is 11.3 Å². The van der Waals surface area contributed by atoms with Crippen LogP contribution in [0.15, 0.2) is 0 Å². The van der Waals surface area contributed by atoms with Crippen molar-refractivity contribution in [2.24, 2.45) is 5.41 Å². The molecule has 0 saturated carbocycles. The maximum atomic E-state index is 5.01. The van der Waals surface area contributed by atoms with Crippen LogP contribution in [-0.4, -0.2) is 23.0 Å². The van der Waals surface area contributed by atoms with Crippen LogP contribution >= 0.6 is 23.1 Å². The molecule has 0 amide bonds. The topological polar surface area (TPSA) is 24.9 Å². The van der Waals surface area contributed by atoms with Gasteiger partial charge in [0.05, 0.1) is 11.7 Å². The first kappa shape index (κ1) is 13.9. The predicted octanol–water partition coefficient (Wildman–Crippen LogP) is 3.77. The zero-order chi connectivity index (χ0) is 13.7. The van der Waals surface area contributed by atoms with Crippen LogP contribution in [0, 0.1) is 5.41 Å². The van der Waals surface area contributed by atoms with Crippen molar-refractivity contribution in [2.45, 2.75) is 52.0 Å². The van der Waals surface area contributed by atoms with Gasteiger partial charge < -0.3 is 5.32 Å². The molecule has 0 aromatic carbocycles. The van der Waals surface area contributed by atoms with Crippen LogP contribution in [0.5, 0.6) is 0 Å². The summed E-state index contributed by atoms with van der Waals surface area (Å²) in [5.41, 5.74) is 2.05. The van der Waals surface area contributed by atoms with E-state index < -0.39 is 0 Å². The maximum absolute atomic E-state index is 5.01. The summed E-state index contributed by atoms with van der Waals surface area (Å²) in [6, 6.07) is 0.480. The molecule has 3 rings (SSSR count). The molecule has 1 aromatic heterocycles. The van der Waals surface area contributed by atoms with Gasteiger partial charge in [0.25, 0.3) is 0 Å². The third-order valence-electron chi connectivity index (χ3n) is 4.11. The van der Waals surface area contributed by atoms with Crippen LogP contribution in [0.4, 0.5) is 0 Å². The van der Waals surface area contributed by atoms with Gasteiger partial charge in [0.2, 0.25) is 0 Å². The van der Waals surface area contributed by atoms with Crippen LogP contribution in [0.25, 0.3) is 0 Å². The molecule has 1 N–H and O–H groups in total. The Morgan fingerprint density at radius 2 is 2.05 bits per heavy atom. The fourth-order valence-electron chi connectivity index (χ4n) is 3.68. The SMILES string of the molecule is CC1(C)Cc2nc(C3CSCCN3)sc2C(C)(C)C1. The Labute approximate surface area is 124 Å². The Morgan fingerprint density at radius 3 is 2.74 bits per heavy atom. The summed E-state index contributed by atoms with van der Waals surface area (Å²) in [6.07, 6.45) is 2.41. The molecule has 1 aliphatic carbocycles. The molecule has 2 heterocycles. The van der Waals surface area contributed by atoms with Crippen molar-refractivity contribution in [2.75, 3.05) is 18.1 Å². The average molecular weight is 297 g/mol. The third-order valence-corrected chi connectivity index (χ3v) is 6.75. The minimum atomic E-state index is 0.287. The van der Waals surface area contributed by atoms with E-state index in [0.29, 0.717) is 11.5 Å². The van der Waals surface area contributed by atoms with Crippen molar-refractivity contribution in [1.29, 1.82) is 0 Å². The van der Waals surface area contributed by atoms with Gasteiger partial charge in [-0.2, -0.15) is 11.8 Å². The van der Waals surface area contributed by atoms with Crippen LogP contribution in [0.3, 0.4) is 0 Å². The molecular weight excluding hydrogens is 272 g/mol. The van der Waals surface area contributed by atoms with Crippen LogP contribution in [0.1, 0.15) is 55.7 Å². The quantitative estimate of drug-likeness (QED) is 0.854. The lowest BCUT2D eigenvalue weighted by atomic mass is 9.67. The third kappa shape index (κ3) is 2.72. The molecule has 1 saturated heterocycles. The molecule has 1 aliphatic heterocycles. The smallest absolute Gasteiger partial charge is 0.111 e. The number of nitrogens with one attached hydrogen (secondary N) is 1. The largest absolute Gasteiger partial charge is 0.306 e. The monoisotopic (exact) mass is 296 g/mol. The van der Waals surface area contributed by atoms with Crippen molar-refractivity contribution in [3.63, 3.8) is 0 Å². The fraction of sp³-hybridized carbons (Fsp3) is 0.800. The Bertz CT molecular complexity index is 470. The molecule has 0 radical (unpaired) electrons. The lowest BCUT2D eigenvalue weighted by molar-refractivity contribution is 0.232. The first-order valence-corrected chi connectivity index (χ1v) is 9.16. The van der Waals surface area contributed by atoms with E-state index in [-0.39, 0.29) is 5.41 Å². The number of hydrogen-bond donors (Lipinski definition) is 1. The molecule has 19 heavy (non-hydrogen) atoms. The Hall–Kier alpha value is -0.0600. The fourth-order valence-corrected chi connectivity index (χ4v) is 5.99. The highest BCUT2D eigenvalue weighted by molar-refractivity contribution is 7.99. The van der Waals surface area contributed by atoms with Crippen molar-refractivity contribution in [3.05, 3.63) is 15.6 Å². The highest BCUT2D eigenvalue weighted by Gasteiger charge is 2.40. The van der Waals surface area contributed by atoms with E-state index in [1.54, 1.807) is 4.88 Å². The second-order valence-electron chi connectivity index (χ2n) is 7.31. The molecule has 2 nitrogen and oxygen atoms in total. The molecule has 0 spiro atoms. The van der Waals surface area contributed by atoms with E-state index >= 15 is 0 Å². The summed E-state index contributed by atoms with van der Waals surface area (Å²) in [5, 5.41) is 4.94. The van der Waals surface area contributed by atoms with Crippen LogP contribution < -0.4 is 5.32 Å². The molecule has 2 aliphatic rings. The summed E-state index contributed by atoms with van der Waals surface area (Å²) < 4.78 is 0. The van der Waals surface area contributed by atoms with Gasteiger partial charge in [0, 0.05) is 28.3 Å². The number of nitrogens with zero attached hydrogens (tertiary/aromatic N) is 1. The van der Waals surface area contributed by atoms with E-state index in [2.05, 4.69) is 33.0 Å². The lowest BCUT2D eigenvalue weighted by Crippen LogP contribution is -2.33. The second-order valence-corrected chi connectivity index (χ2v) is 9.49. The van der Waals surface area contributed by atoms with Crippen molar-refractivity contribution in [1.82, 2.24) is 10.3 Å². The zero-order valence-electron chi connectivity index (χ0n) is 12.4. The van der Waals surface area contributed by atoms with E-state index in [1.165, 1.54) is 28.6 Å². The Kier molecular flexibility index (Phi) is 3.47. The van der Waals surface area contributed by atoms with E-state index in [1.807, 2.05) is 23.1 Å². The van der Waals surface area contributed by atoms with Crippen molar-refractivity contribution in [3.8, 4) is 0 Å². The highest BCUT2D eigenvalue weighted by Crippen LogP contribution is 2.48. The van der Waals surface area contributed by atoms with Gasteiger partial charge in [-0.3, -0.25) is 0 Å². The zero-order valence-corrected chi connectivity index (χ0v) is 14.0. The Morgan fingerprint density at radius 1 is 1.26 bits per heavy atom. The predicted molar refractivity (Wildman–Crippen MR) is 85.3 cm³/mol. The second kappa shape index (κ2) is 4.74. The van der Waals surface area contributed by atoms with E-state index in [9.17, 15) is 0 Å². The van der Waals surface area contributed by atoms with Crippen molar-refractivity contribution < 1.29 is 0 Å². The minimum Gasteiger partial charge on any atom is -0.306 e. The molecule has 106 valence electrons. The minimum absolute atomic E-state index is 0.287. The maximum Gasteiger partial charge on any atom is 0.111 e. The highest BCUT2D eigenvalue weighted by atomic mass is 32.2. The first-order valence-electron chi connectivity index (χ1n) is 7.19. The number of aromatic nitrogens is 1. The summed E-state index contributed by atoms with van der Waals surface area (Å²) in [5.74, 6) is 2.41. The molecule has 1 fully saturated rings. The standard InChI is InChI=1S/C15H24N2S2/c1-14(2)7-10-12(15(3,4)9-14)19-13(17-10)11-8-18-6-5-16-11/h11,16H,5-9H2,1-4H3. The summed E-state index contributed by atoms with van der Waals surface area (Å²) in [7, 11) is 0. The number of hydrogen-bond acceptors (Lipinski definition) is 4. The molecule has 1 unspecified atom stereocenters. The first-order chi connectivity index (χ1) is 8.87. The Balaban J connectivity index is 1.94. The molecule has 0 bridgehead atoms. The number of thiazole rings is 1. The van der Waals surface area contributed by atoms with E-state index in [4.69, 9.17) is 4.98 Å². The molecule has 4 heteroatoms. The molecular formula is C15H24N2S2. The normalized spacial score (nSPS) is 28.9. The van der Waals surface area contributed by atoms with Gasteiger partial charge >= 0.3 is 0 Å². The van der Waals surface area contributed by atoms with Crippen molar-refractivity contribution >= 4 is 23.1 Å². The van der Waals surface area contributed by atoms with Gasteiger partial charge in [-0.25, -0.2) is 4.98 Å².